The van der Waals surface area contributed by atoms with Crippen LogP contribution in [0.15, 0.2) is 41.4 Å². The molecule has 1 heterocycles. The van der Waals surface area contributed by atoms with Crippen molar-refractivity contribution in [3.63, 3.8) is 0 Å². The van der Waals surface area contributed by atoms with Crippen molar-refractivity contribution >= 4 is 11.8 Å². The Morgan fingerprint density at radius 3 is 2.22 bits per heavy atom. The molecule has 0 spiro atoms. The predicted octanol–water partition coefficient (Wildman–Crippen LogP) is 4.43. The Morgan fingerprint density at radius 1 is 1.11 bits per heavy atom. The van der Waals surface area contributed by atoms with Crippen LogP contribution in [0, 0.1) is 0 Å². The molecule has 0 saturated heterocycles. The number of nitrogens with zero attached hydrogens (tertiary/aromatic N) is 1. The lowest BCUT2D eigenvalue weighted by Crippen LogP contribution is -2.04. The van der Waals surface area contributed by atoms with Crippen LogP contribution in [-0.2, 0) is 13.2 Å². The van der Waals surface area contributed by atoms with Crippen LogP contribution in [0.1, 0.15) is 5.56 Å². The van der Waals surface area contributed by atoms with Gasteiger partial charge in [0.15, 0.2) is 0 Å². The van der Waals surface area contributed by atoms with Crippen molar-refractivity contribution in [2.75, 3.05) is 6.26 Å². The van der Waals surface area contributed by atoms with Gasteiger partial charge in [-0.3, -0.25) is 0 Å². The number of aryl methyl sites for hydroxylation is 1. The molecule has 0 aliphatic heterocycles. The van der Waals surface area contributed by atoms with E-state index in [-0.39, 0.29) is 4.90 Å². The van der Waals surface area contributed by atoms with Gasteiger partial charge in [0.1, 0.15) is 0 Å². The minimum atomic E-state index is -4.32. The van der Waals surface area contributed by atoms with E-state index < -0.39 is 11.7 Å². The van der Waals surface area contributed by atoms with Gasteiger partial charge in [-0.1, -0.05) is 30.3 Å². The molecule has 2 rings (SSSR count). The molecule has 1 nitrogen and oxygen atoms in total. The number of alkyl halides is 3. The van der Waals surface area contributed by atoms with Gasteiger partial charge in [0.05, 0.1) is 11.3 Å². The van der Waals surface area contributed by atoms with Gasteiger partial charge in [-0.15, -0.1) is 11.8 Å². The van der Waals surface area contributed by atoms with Crippen LogP contribution in [0.25, 0.3) is 11.3 Å². The molecule has 5 heteroatoms. The SMILES string of the molecule is CSc1c(C(F)(F)F)cn(C)c1-c1ccccc1. The summed E-state index contributed by atoms with van der Waals surface area (Å²) in [5.41, 5.74) is 0.826. The highest BCUT2D eigenvalue weighted by atomic mass is 32.2. The molecular formula is C13H12F3NS. The average molecular weight is 271 g/mol. The van der Waals surface area contributed by atoms with E-state index >= 15 is 0 Å². The van der Waals surface area contributed by atoms with Gasteiger partial charge in [0.2, 0.25) is 0 Å². The Balaban J connectivity index is 2.66. The van der Waals surface area contributed by atoms with Crippen molar-refractivity contribution in [3.8, 4) is 11.3 Å². The quantitative estimate of drug-likeness (QED) is 0.731. The maximum absolute atomic E-state index is 12.9. The standard InChI is InChI=1S/C13H12F3NS/c1-17-8-10(13(14,15)16)12(18-2)11(17)9-6-4-3-5-7-9/h3-8H,1-2H3. The van der Waals surface area contributed by atoms with E-state index in [4.69, 9.17) is 0 Å². The largest absolute Gasteiger partial charge is 0.418 e. The Kier molecular flexibility index (Phi) is 3.43. The molecule has 0 saturated carbocycles. The Bertz CT molecular complexity index is 543. The lowest BCUT2D eigenvalue weighted by atomic mass is 10.1. The summed E-state index contributed by atoms with van der Waals surface area (Å²) in [6.45, 7) is 0. The molecule has 1 aromatic carbocycles. The molecule has 0 aliphatic carbocycles. The molecule has 0 radical (unpaired) electrons. The average Bonchev–Trinajstić information content (AvgIpc) is 2.67. The molecular weight excluding hydrogens is 259 g/mol. The second kappa shape index (κ2) is 4.72. The first-order valence-corrected chi connectivity index (χ1v) is 6.53. The maximum Gasteiger partial charge on any atom is 0.418 e. The summed E-state index contributed by atoms with van der Waals surface area (Å²) in [6, 6.07) is 9.11. The number of aromatic nitrogens is 1. The molecule has 0 unspecified atom stereocenters. The second-order valence-corrected chi connectivity index (χ2v) is 4.72. The first-order chi connectivity index (χ1) is 8.45. The molecule has 0 atom stereocenters. The lowest BCUT2D eigenvalue weighted by Gasteiger charge is -2.08. The molecule has 0 bridgehead atoms. The summed E-state index contributed by atoms with van der Waals surface area (Å²) in [6.07, 6.45) is -1.51. The molecule has 96 valence electrons. The summed E-state index contributed by atoms with van der Waals surface area (Å²) < 4.78 is 40.3. The molecule has 18 heavy (non-hydrogen) atoms. The fourth-order valence-corrected chi connectivity index (χ4v) is 2.79. The molecule has 0 aliphatic rings. The van der Waals surface area contributed by atoms with E-state index in [2.05, 4.69) is 0 Å². The molecule has 1 aromatic heterocycles. The van der Waals surface area contributed by atoms with E-state index in [9.17, 15) is 13.2 Å². The van der Waals surface area contributed by atoms with Gasteiger partial charge in [-0.2, -0.15) is 13.2 Å². The summed E-state index contributed by atoms with van der Waals surface area (Å²) in [4.78, 5) is 0.274. The third-order valence-corrected chi connectivity index (χ3v) is 3.51. The van der Waals surface area contributed by atoms with E-state index in [1.807, 2.05) is 30.3 Å². The topological polar surface area (TPSA) is 4.93 Å². The van der Waals surface area contributed by atoms with Crippen molar-refractivity contribution in [2.24, 2.45) is 7.05 Å². The minimum absolute atomic E-state index is 0.274. The van der Waals surface area contributed by atoms with Crippen molar-refractivity contribution < 1.29 is 13.2 Å². The number of hydrogen-bond donors (Lipinski definition) is 0. The van der Waals surface area contributed by atoms with Crippen LogP contribution >= 0.6 is 11.8 Å². The van der Waals surface area contributed by atoms with Crippen molar-refractivity contribution in [3.05, 3.63) is 42.1 Å². The first-order valence-electron chi connectivity index (χ1n) is 5.31. The van der Waals surface area contributed by atoms with Gasteiger partial charge in [-0.25, -0.2) is 0 Å². The number of hydrogen-bond acceptors (Lipinski definition) is 1. The predicted molar refractivity (Wildman–Crippen MR) is 67.6 cm³/mol. The maximum atomic E-state index is 12.9. The van der Waals surface area contributed by atoms with Gasteiger partial charge in [-0.05, 0) is 11.8 Å². The fraction of sp³-hybridized carbons (Fsp3) is 0.231. The zero-order valence-corrected chi connectivity index (χ0v) is 10.8. The van der Waals surface area contributed by atoms with Crippen LogP contribution in [0.2, 0.25) is 0 Å². The highest BCUT2D eigenvalue weighted by Crippen LogP contribution is 2.42. The van der Waals surface area contributed by atoms with Gasteiger partial charge in [0, 0.05) is 18.1 Å². The summed E-state index contributed by atoms with van der Waals surface area (Å²) in [7, 11) is 1.64. The molecule has 0 fully saturated rings. The van der Waals surface area contributed by atoms with Gasteiger partial charge in [0.25, 0.3) is 0 Å². The van der Waals surface area contributed by atoms with E-state index in [0.717, 1.165) is 23.5 Å². The lowest BCUT2D eigenvalue weighted by molar-refractivity contribution is -0.139. The van der Waals surface area contributed by atoms with Crippen LogP contribution in [0.5, 0.6) is 0 Å². The fourth-order valence-electron chi connectivity index (χ4n) is 1.94. The smallest absolute Gasteiger partial charge is 0.349 e. The van der Waals surface area contributed by atoms with Crippen LogP contribution in [0.3, 0.4) is 0 Å². The van der Waals surface area contributed by atoms with Crippen LogP contribution in [0.4, 0.5) is 13.2 Å². The normalized spacial score (nSPS) is 11.8. The van der Waals surface area contributed by atoms with Crippen molar-refractivity contribution in [2.45, 2.75) is 11.1 Å². The number of thioether (sulfide) groups is 1. The van der Waals surface area contributed by atoms with Crippen molar-refractivity contribution in [1.29, 1.82) is 0 Å². The molecule has 2 aromatic rings. The van der Waals surface area contributed by atoms with Gasteiger partial charge < -0.3 is 4.57 Å². The van der Waals surface area contributed by atoms with Gasteiger partial charge >= 0.3 is 6.18 Å². The number of benzene rings is 1. The molecule has 0 N–H and O–H groups in total. The summed E-state index contributed by atoms with van der Waals surface area (Å²) in [5, 5.41) is 0. The molecule has 0 amide bonds. The summed E-state index contributed by atoms with van der Waals surface area (Å²) >= 11 is 1.12. The first kappa shape index (κ1) is 13.1. The van der Waals surface area contributed by atoms with Crippen LogP contribution < -0.4 is 0 Å². The van der Waals surface area contributed by atoms with E-state index in [1.54, 1.807) is 13.3 Å². The highest BCUT2D eigenvalue weighted by Gasteiger charge is 2.36. The van der Waals surface area contributed by atoms with Crippen LogP contribution in [-0.4, -0.2) is 10.8 Å². The zero-order chi connectivity index (χ0) is 13.3. The third kappa shape index (κ3) is 2.27. The second-order valence-electron chi connectivity index (χ2n) is 3.90. The number of halogens is 3. The monoisotopic (exact) mass is 271 g/mol. The summed E-state index contributed by atoms with van der Waals surface area (Å²) in [5.74, 6) is 0. The Hall–Kier alpha value is -1.36. The van der Waals surface area contributed by atoms with E-state index in [1.165, 1.54) is 4.57 Å². The minimum Gasteiger partial charge on any atom is -0.349 e. The number of rotatable bonds is 2. The Labute approximate surface area is 108 Å². The Morgan fingerprint density at radius 2 is 1.72 bits per heavy atom. The van der Waals surface area contributed by atoms with Crippen molar-refractivity contribution in [1.82, 2.24) is 4.57 Å². The zero-order valence-electron chi connectivity index (χ0n) is 9.95. The highest BCUT2D eigenvalue weighted by molar-refractivity contribution is 7.98. The third-order valence-electron chi connectivity index (χ3n) is 2.69. The van der Waals surface area contributed by atoms with E-state index in [0.29, 0.717) is 5.69 Å².